The van der Waals surface area contributed by atoms with Gasteiger partial charge in [-0.2, -0.15) is 0 Å². The van der Waals surface area contributed by atoms with Crippen LogP contribution in [0.25, 0.3) is 11.3 Å². The summed E-state index contributed by atoms with van der Waals surface area (Å²) >= 11 is 0. The zero-order valence-electron chi connectivity index (χ0n) is 11.6. The molecule has 2 atom stereocenters. The lowest BCUT2D eigenvalue weighted by atomic mass is 10.1. The highest BCUT2D eigenvalue weighted by molar-refractivity contribution is 5.74. The molecule has 1 saturated heterocycles. The second-order valence-electron chi connectivity index (χ2n) is 4.97. The van der Waals surface area contributed by atoms with Crippen LogP contribution in [0.1, 0.15) is 12.5 Å². The van der Waals surface area contributed by atoms with Crippen molar-refractivity contribution in [3.05, 3.63) is 30.5 Å². The van der Waals surface area contributed by atoms with Crippen molar-refractivity contribution < 1.29 is 14.6 Å². The number of nitrogens with zero attached hydrogens (tertiary/aromatic N) is 3. The van der Waals surface area contributed by atoms with Crippen molar-refractivity contribution in [1.82, 2.24) is 20.3 Å². The molecule has 0 amide bonds. The van der Waals surface area contributed by atoms with Crippen LogP contribution in [0.2, 0.25) is 0 Å². The predicted molar refractivity (Wildman–Crippen MR) is 75.1 cm³/mol. The molecule has 21 heavy (non-hydrogen) atoms. The maximum atomic E-state index is 11.0. The van der Waals surface area contributed by atoms with Gasteiger partial charge in [0.25, 0.3) is 0 Å². The fraction of sp³-hybridized carbons (Fsp3) is 0.357. The lowest BCUT2D eigenvalue weighted by Crippen LogP contribution is -2.29. The van der Waals surface area contributed by atoms with Crippen LogP contribution in [-0.2, 0) is 4.79 Å². The van der Waals surface area contributed by atoms with E-state index < -0.39 is 12.0 Å². The summed E-state index contributed by atoms with van der Waals surface area (Å²) in [7, 11) is 1.61. The smallest absolute Gasteiger partial charge is 0.320 e. The molecule has 2 heterocycles. The van der Waals surface area contributed by atoms with Crippen LogP contribution >= 0.6 is 0 Å². The molecule has 1 fully saturated rings. The molecule has 7 heteroatoms. The minimum Gasteiger partial charge on any atom is -0.496 e. The van der Waals surface area contributed by atoms with Gasteiger partial charge in [0.2, 0.25) is 0 Å². The van der Waals surface area contributed by atoms with E-state index in [2.05, 4.69) is 15.6 Å². The molecule has 7 nitrogen and oxygen atoms in total. The van der Waals surface area contributed by atoms with Crippen molar-refractivity contribution in [2.24, 2.45) is 0 Å². The lowest BCUT2D eigenvalue weighted by molar-refractivity contribution is -0.139. The average molecular weight is 288 g/mol. The molecule has 0 spiro atoms. The van der Waals surface area contributed by atoms with Gasteiger partial charge in [0.1, 0.15) is 17.5 Å². The molecule has 1 aliphatic heterocycles. The van der Waals surface area contributed by atoms with Crippen molar-refractivity contribution in [2.75, 3.05) is 13.7 Å². The van der Waals surface area contributed by atoms with Gasteiger partial charge in [0.05, 0.1) is 19.3 Å². The second kappa shape index (κ2) is 5.53. The molecule has 2 aromatic rings. The van der Waals surface area contributed by atoms with E-state index in [1.165, 1.54) is 0 Å². The van der Waals surface area contributed by atoms with Gasteiger partial charge in [-0.25, -0.2) is 4.68 Å². The third-order valence-corrected chi connectivity index (χ3v) is 3.67. The Labute approximate surface area is 121 Å². The summed E-state index contributed by atoms with van der Waals surface area (Å²) < 4.78 is 7.04. The summed E-state index contributed by atoms with van der Waals surface area (Å²) in [6, 6.07) is 7.07. The van der Waals surface area contributed by atoms with E-state index >= 15 is 0 Å². The Balaban J connectivity index is 1.82. The molecule has 1 aromatic heterocycles. The number of hydrogen-bond donors (Lipinski definition) is 2. The molecule has 1 aromatic carbocycles. The number of para-hydroxylation sites is 1. The number of methoxy groups -OCH3 is 1. The fourth-order valence-corrected chi connectivity index (χ4v) is 2.54. The number of aromatic nitrogens is 3. The van der Waals surface area contributed by atoms with Gasteiger partial charge in [0.15, 0.2) is 0 Å². The summed E-state index contributed by atoms with van der Waals surface area (Å²) in [5.74, 6) is -0.0972. The lowest BCUT2D eigenvalue weighted by Gasteiger charge is -2.07. The Morgan fingerprint density at radius 2 is 2.29 bits per heavy atom. The van der Waals surface area contributed by atoms with E-state index in [0.717, 1.165) is 11.3 Å². The summed E-state index contributed by atoms with van der Waals surface area (Å²) in [5, 5.41) is 20.3. The van der Waals surface area contributed by atoms with Gasteiger partial charge < -0.3 is 15.2 Å². The molecule has 2 unspecified atom stereocenters. The molecule has 0 saturated carbocycles. The van der Waals surface area contributed by atoms with Gasteiger partial charge in [-0.1, -0.05) is 17.3 Å². The van der Waals surface area contributed by atoms with Gasteiger partial charge in [-0.15, -0.1) is 5.10 Å². The second-order valence-corrected chi connectivity index (χ2v) is 4.97. The highest BCUT2D eigenvalue weighted by Gasteiger charge is 2.31. The minimum absolute atomic E-state index is 0.00190. The van der Waals surface area contributed by atoms with E-state index in [-0.39, 0.29) is 6.04 Å². The Kier molecular flexibility index (Phi) is 3.57. The van der Waals surface area contributed by atoms with Crippen LogP contribution in [0.3, 0.4) is 0 Å². The van der Waals surface area contributed by atoms with Crippen molar-refractivity contribution in [1.29, 1.82) is 0 Å². The SMILES string of the molecule is COc1ccccc1-c1cn(C2CNC(C(=O)O)C2)nn1. The Hall–Kier alpha value is -2.41. The maximum absolute atomic E-state index is 11.0. The van der Waals surface area contributed by atoms with Gasteiger partial charge in [-0.05, 0) is 18.6 Å². The standard InChI is InChI=1S/C14H16N4O3/c1-21-13-5-3-2-4-10(13)12-8-18(17-16-12)9-6-11(14(19)20)15-7-9/h2-5,8-9,11,15H,6-7H2,1H3,(H,19,20). The highest BCUT2D eigenvalue weighted by Crippen LogP contribution is 2.29. The summed E-state index contributed by atoms with van der Waals surface area (Å²) in [6.45, 7) is 0.575. The van der Waals surface area contributed by atoms with Crippen LogP contribution in [0.4, 0.5) is 0 Å². The normalized spacial score (nSPS) is 21.4. The number of benzene rings is 1. The van der Waals surface area contributed by atoms with Crippen molar-refractivity contribution >= 4 is 5.97 Å². The van der Waals surface area contributed by atoms with Crippen LogP contribution in [0.15, 0.2) is 30.5 Å². The first-order chi connectivity index (χ1) is 10.2. The van der Waals surface area contributed by atoms with Crippen LogP contribution in [0.5, 0.6) is 5.75 Å². The van der Waals surface area contributed by atoms with E-state index in [4.69, 9.17) is 9.84 Å². The molecular formula is C14H16N4O3. The minimum atomic E-state index is -0.831. The van der Waals surface area contributed by atoms with Crippen LogP contribution in [0, 0.1) is 0 Å². The van der Waals surface area contributed by atoms with Crippen molar-refractivity contribution in [3.8, 4) is 17.0 Å². The first-order valence-corrected chi connectivity index (χ1v) is 6.70. The fourth-order valence-electron chi connectivity index (χ4n) is 2.54. The first-order valence-electron chi connectivity index (χ1n) is 6.70. The number of carboxylic acid groups (broad SMARTS) is 1. The third kappa shape index (κ3) is 2.59. The van der Waals surface area contributed by atoms with Crippen LogP contribution < -0.4 is 10.1 Å². The van der Waals surface area contributed by atoms with Gasteiger partial charge >= 0.3 is 5.97 Å². The molecule has 0 aliphatic carbocycles. The number of rotatable bonds is 4. The third-order valence-electron chi connectivity index (χ3n) is 3.67. The quantitative estimate of drug-likeness (QED) is 0.870. The molecular weight excluding hydrogens is 272 g/mol. The number of carbonyl (C=O) groups is 1. The van der Waals surface area contributed by atoms with Crippen molar-refractivity contribution in [3.63, 3.8) is 0 Å². The Morgan fingerprint density at radius 3 is 3.00 bits per heavy atom. The zero-order valence-corrected chi connectivity index (χ0v) is 11.6. The monoisotopic (exact) mass is 288 g/mol. The molecule has 3 rings (SSSR count). The number of hydrogen-bond acceptors (Lipinski definition) is 5. The maximum Gasteiger partial charge on any atom is 0.320 e. The average Bonchev–Trinajstić information content (AvgIpc) is 3.16. The molecule has 0 bridgehead atoms. The summed E-state index contributed by atoms with van der Waals surface area (Å²) in [4.78, 5) is 11.0. The number of carboxylic acids is 1. The molecule has 0 radical (unpaired) electrons. The summed E-state index contributed by atoms with van der Waals surface area (Å²) in [5.41, 5.74) is 1.58. The Morgan fingerprint density at radius 1 is 1.48 bits per heavy atom. The van der Waals surface area contributed by atoms with Crippen LogP contribution in [-0.4, -0.2) is 45.8 Å². The molecule has 2 N–H and O–H groups in total. The Bertz CT molecular complexity index is 655. The topological polar surface area (TPSA) is 89.3 Å². The number of aliphatic carboxylic acids is 1. The van der Waals surface area contributed by atoms with E-state index in [9.17, 15) is 4.79 Å². The van der Waals surface area contributed by atoms with E-state index in [1.807, 2.05) is 30.5 Å². The molecule has 110 valence electrons. The van der Waals surface area contributed by atoms with Gasteiger partial charge in [0, 0.05) is 12.1 Å². The van der Waals surface area contributed by atoms with Crippen molar-refractivity contribution in [2.45, 2.75) is 18.5 Å². The highest BCUT2D eigenvalue weighted by atomic mass is 16.5. The van der Waals surface area contributed by atoms with E-state index in [0.29, 0.717) is 18.7 Å². The number of nitrogens with one attached hydrogen (secondary N) is 1. The van der Waals surface area contributed by atoms with E-state index in [1.54, 1.807) is 11.8 Å². The summed E-state index contributed by atoms with van der Waals surface area (Å²) in [6.07, 6.45) is 2.33. The largest absolute Gasteiger partial charge is 0.496 e. The zero-order chi connectivity index (χ0) is 14.8. The first kappa shape index (κ1) is 13.6. The predicted octanol–water partition coefficient (Wildman–Crippen LogP) is 0.941. The van der Waals surface area contributed by atoms with Gasteiger partial charge in [-0.3, -0.25) is 4.79 Å². The number of ether oxygens (including phenoxy) is 1. The molecule has 1 aliphatic rings.